The first kappa shape index (κ1) is 14.8. The summed E-state index contributed by atoms with van der Waals surface area (Å²) in [6.45, 7) is 3.35. The third-order valence-electron chi connectivity index (χ3n) is 2.40. The van der Waals surface area contributed by atoms with E-state index in [4.69, 9.17) is 0 Å². The van der Waals surface area contributed by atoms with Crippen LogP contribution in [0.15, 0.2) is 0 Å². The van der Waals surface area contributed by atoms with Gasteiger partial charge in [-0.1, -0.05) is 39.0 Å². The molecule has 0 fully saturated rings. The first-order chi connectivity index (χ1) is 6.77. The fourth-order valence-corrected chi connectivity index (χ4v) is 1.63. The van der Waals surface area contributed by atoms with E-state index >= 15 is 0 Å². The van der Waals surface area contributed by atoms with Gasteiger partial charge in [0.1, 0.15) is 0 Å². The largest absolute Gasteiger partial charge is 0.391 e. The Morgan fingerprint density at radius 2 is 1.53 bits per heavy atom. The van der Waals surface area contributed by atoms with E-state index in [0.29, 0.717) is 6.42 Å². The van der Waals surface area contributed by atoms with Crippen molar-refractivity contribution in [2.45, 2.75) is 70.6 Å². The second-order valence-corrected chi connectivity index (χ2v) is 4.45. The van der Waals surface area contributed by atoms with Gasteiger partial charge in [-0.3, -0.25) is 0 Å². The van der Waals surface area contributed by atoms with Crippen LogP contribution in [-0.4, -0.2) is 16.9 Å². The van der Waals surface area contributed by atoms with E-state index in [1.165, 1.54) is 6.92 Å². The predicted molar refractivity (Wildman–Crippen MR) is 54.7 cm³/mol. The summed E-state index contributed by atoms with van der Waals surface area (Å²) in [7, 11) is 0. The van der Waals surface area contributed by atoms with Gasteiger partial charge in [0.25, 0.3) is 0 Å². The zero-order chi connectivity index (χ0) is 11.9. The molecule has 0 aliphatic heterocycles. The zero-order valence-electron chi connectivity index (χ0n) is 9.53. The highest BCUT2D eigenvalue weighted by atomic mass is 19.4. The normalized spacial score (nSPS) is 16.4. The Bertz CT molecular complexity index is 164. The summed E-state index contributed by atoms with van der Waals surface area (Å²) in [5.74, 6) is 0. The molecule has 0 aromatic rings. The summed E-state index contributed by atoms with van der Waals surface area (Å²) in [5.41, 5.74) is -1.59. The van der Waals surface area contributed by atoms with E-state index in [-0.39, 0.29) is 6.42 Å². The van der Waals surface area contributed by atoms with Crippen molar-refractivity contribution in [2.24, 2.45) is 0 Å². The van der Waals surface area contributed by atoms with Crippen LogP contribution >= 0.6 is 0 Å². The van der Waals surface area contributed by atoms with E-state index in [0.717, 1.165) is 25.7 Å². The van der Waals surface area contributed by atoms with Gasteiger partial charge < -0.3 is 5.11 Å². The molecule has 0 rings (SSSR count). The molecule has 0 aliphatic carbocycles. The number of hydrogen-bond donors (Lipinski definition) is 1. The van der Waals surface area contributed by atoms with Crippen molar-refractivity contribution in [3.63, 3.8) is 0 Å². The van der Waals surface area contributed by atoms with Gasteiger partial charge in [-0.05, 0) is 13.3 Å². The number of alkyl halides is 3. The number of aliphatic hydroxyl groups is 1. The van der Waals surface area contributed by atoms with E-state index < -0.39 is 18.2 Å². The van der Waals surface area contributed by atoms with Gasteiger partial charge in [-0.25, -0.2) is 0 Å². The topological polar surface area (TPSA) is 20.2 Å². The number of rotatable bonds is 7. The van der Waals surface area contributed by atoms with Gasteiger partial charge in [0, 0.05) is 0 Å². The molecular formula is C11H21F3O. The quantitative estimate of drug-likeness (QED) is 0.649. The van der Waals surface area contributed by atoms with Gasteiger partial charge >= 0.3 is 6.18 Å². The average Bonchev–Trinajstić information content (AvgIpc) is 1.99. The van der Waals surface area contributed by atoms with Crippen LogP contribution in [0, 0.1) is 0 Å². The molecule has 0 radical (unpaired) electrons. The summed E-state index contributed by atoms with van der Waals surface area (Å²) in [6, 6.07) is 0. The maximum absolute atomic E-state index is 12.0. The third kappa shape index (κ3) is 10.0. The molecule has 0 spiro atoms. The Morgan fingerprint density at radius 1 is 1.00 bits per heavy atom. The molecule has 0 aliphatic rings. The van der Waals surface area contributed by atoms with Crippen LogP contribution < -0.4 is 0 Å². The molecule has 1 nitrogen and oxygen atoms in total. The Kier molecular flexibility index (Phi) is 6.25. The number of unbranched alkanes of at least 4 members (excludes halogenated alkanes) is 4. The second-order valence-electron chi connectivity index (χ2n) is 4.45. The Morgan fingerprint density at radius 3 is 2.00 bits per heavy atom. The van der Waals surface area contributed by atoms with Crippen LogP contribution in [0.25, 0.3) is 0 Å². The predicted octanol–water partition coefficient (Wildman–Crippen LogP) is 4.05. The molecule has 1 atom stereocenters. The highest BCUT2D eigenvalue weighted by Gasteiger charge is 2.37. The van der Waals surface area contributed by atoms with Crippen LogP contribution in [0.1, 0.15) is 58.8 Å². The molecule has 0 saturated carbocycles. The molecule has 15 heavy (non-hydrogen) atoms. The summed E-state index contributed by atoms with van der Waals surface area (Å²) in [4.78, 5) is 0. The molecule has 4 heteroatoms. The highest BCUT2D eigenvalue weighted by molar-refractivity contribution is 4.76. The van der Waals surface area contributed by atoms with Crippen LogP contribution in [0.2, 0.25) is 0 Å². The van der Waals surface area contributed by atoms with Crippen molar-refractivity contribution in [3.8, 4) is 0 Å². The minimum atomic E-state index is -4.27. The third-order valence-corrected chi connectivity index (χ3v) is 2.40. The van der Waals surface area contributed by atoms with Gasteiger partial charge in [0.2, 0.25) is 0 Å². The molecule has 0 saturated heterocycles. The molecule has 1 N–H and O–H groups in total. The molecular weight excluding hydrogens is 205 g/mol. The molecule has 1 unspecified atom stereocenters. The maximum atomic E-state index is 12.0. The minimum Gasteiger partial charge on any atom is -0.390 e. The monoisotopic (exact) mass is 226 g/mol. The van der Waals surface area contributed by atoms with E-state index in [1.54, 1.807) is 0 Å². The zero-order valence-corrected chi connectivity index (χ0v) is 9.53. The molecule has 0 aromatic heterocycles. The lowest BCUT2D eigenvalue weighted by molar-refractivity contribution is -0.173. The standard InChI is InChI=1S/C11H21F3O/c1-3-4-5-6-7-8-10(2,15)9-11(12,13)14/h15H,3-9H2,1-2H3. The smallest absolute Gasteiger partial charge is 0.390 e. The number of halogens is 3. The van der Waals surface area contributed by atoms with Crippen molar-refractivity contribution in [1.82, 2.24) is 0 Å². The maximum Gasteiger partial charge on any atom is 0.391 e. The fraction of sp³-hybridized carbons (Fsp3) is 1.00. The molecule has 92 valence electrons. The first-order valence-electron chi connectivity index (χ1n) is 5.56. The highest BCUT2D eigenvalue weighted by Crippen LogP contribution is 2.30. The van der Waals surface area contributed by atoms with E-state index in [9.17, 15) is 18.3 Å². The van der Waals surface area contributed by atoms with Crippen molar-refractivity contribution >= 4 is 0 Å². The molecule has 0 aromatic carbocycles. The Hall–Kier alpha value is -0.250. The van der Waals surface area contributed by atoms with Crippen molar-refractivity contribution < 1.29 is 18.3 Å². The first-order valence-corrected chi connectivity index (χ1v) is 5.56. The molecule has 0 amide bonds. The van der Waals surface area contributed by atoms with E-state index in [2.05, 4.69) is 6.92 Å². The SMILES string of the molecule is CCCCCCCC(C)(O)CC(F)(F)F. The summed E-state index contributed by atoms with van der Waals surface area (Å²) in [6.07, 6.45) is -0.305. The Balaban J connectivity index is 3.65. The van der Waals surface area contributed by atoms with Crippen molar-refractivity contribution in [1.29, 1.82) is 0 Å². The van der Waals surface area contributed by atoms with Crippen LogP contribution in [0.5, 0.6) is 0 Å². The minimum absolute atomic E-state index is 0.232. The van der Waals surface area contributed by atoms with Crippen LogP contribution in [-0.2, 0) is 0 Å². The lowest BCUT2D eigenvalue weighted by Crippen LogP contribution is -2.31. The van der Waals surface area contributed by atoms with Gasteiger partial charge in [0.05, 0.1) is 12.0 Å². The van der Waals surface area contributed by atoms with Crippen LogP contribution in [0.4, 0.5) is 13.2 Å². The van der Waals surface area contributed by atoms with Gasteiger partial charge in [-0.15, -0.1) is 0 Å². The lowest BCUT2D eigenvalue weighted by atomic mass is 9.94. The summed E-state index contributed by atoms with van der Waals surface area (Å²) >= 11 is 0. The fourth-order valence-electron chi connectivity index (χ4n) is 1.63. The summed E-state index contributed by atoms with van der Waals surface area (Å²) in [5, 5.41) is 9.49. The summed E-state index contributed by atoms with van der Waals surface area (Å²) < 4.78 is 36.1. The molecule has 0 bridgehead atoms. The number of hydrogen-bond acceptors (Lipinski definition) is 1. The van der Waals surface area contributed by atoms with E-state index in [1.807, 2.05) is 0 Å². The van der Waals surface area contributed by atoms with Crippen molar-refractivity contribution in [2.75, 3.05) is 0 Å². The van der Waals surface area contributed by atoms with Gasteiger partial charge in [-0.2, -0.15) is 13.2 Å². The van der Waals surface area contributed by atoms with Crippen molar-refractivity contribution in [3.05, 3.63) is 0 Å². The average molecular weight is 226 g/mol. The van der Waals surface area contributed by atoms with Gasteiger partial charge in [0.15, 0.2) is 0 Å². The second kappa shape index (κ2) is 6.36. The van der Waals surface area contributed by atoms with Crippen LogP contribution in [0.3, 0.4) is 0 Å². The molecule has 0 heterocycles. The lowest BCUT2D eigenvalue weighted by Gasteiger charge is -2.24. The Labute approximate surface area is 89.7 Å².